The van der Waals surface area contributed by atoms with Crippen molar-refractivity contribution in [2.45, 2.75) is 6.92 Å². The van der Waals surface area contributed by atoms with Gasteiger partial charge in [0, 0.05) is 44.8 Å². The fraction of sp³-hybridized carbons (Fsp3) is 0.533. The average Bonchev–Trinajstić information content (AvgIpc) is 2.49. The normalized spacial score (nSPS) is 15.1. The molecular weight excluding hydrogens is 290 g/mol. The molecule has 21 heavy (non-hydrogen) atoms. The highest BCUT2D eigenvalue weighted by Crippen LogP contribution is 2.11. The number of carbonyl (C=O) groups excluding carboxylic acids is 1. The lowest BCUT2D eigenvalue weighted by atomic mass is 10.2. The van der Waals surface area contributed by atoms with Gasteiger partial charge in [0.1, 0.15) is 5.75 Å². The molecule has 1 heterocycles. The first-order chi connectivity index (χ1) is 9.79. The topological polar surface area (TPSA) is 53.6 Å². The number of hydrogen-bond donors (Lipinski definition) is 2. The van der Waals surface area contributed by atoms with Crippen molar-refractivity contribution in [2.24, 2.45) is 0 Å². The maximum absolute atomic E-state index is 12.0. The quantitative estimate of drug-likeness (QED) is 0.827. The Hall–Kier alpha value is -1.30. The van der Waals surface area contributed by atoms with Crippen molar-refractivity contribution in [3.63, 3.8) is 0 Å². The molecule has 0 atom stereocenters. The average molecular weight is 314 g/mol. The number of halogens is 1. The van der Waals surface area contributed by atoms with Gasteiger partial charge in [0.15, 0.2) is 0 Å². The number of hydrogen-bond acceptors (Lipinski definition) is 4. The molecule has 2 rings (SSSR count). The number of benzene rings is 1. The summed E-state index contributed by atoms with van der Waals surface area (Å²) in [7, 11) is 0. The predicted octanol–water partition coefficient (Wildman–Crippen LogP) is 1.14. The first kappa shape index (κ1) is 17.8. The summed E-state index contributed by atoms with van der Waals surface area (Å²) in [6.45, 7) is 8.35. The van der Waals surface area contributed by atoms with Crippen molar-refractivity contribution in [1.82, 2.24) is 15.5 Å². The van der Waals surface area contributed by atoms with E-state index in [0.717, 1.165) is 38.5 Å². The van der Waals surface area contributed by atoms with Gasteiger partial charge >= 0.3 is 0 Å². The fourth-order valence-electron chi connectivity index (χ4n) is 2.23. The Morgan fingerprint density at radius 2 is 1.95 bits per heavy atom. The standard InChI is InChI=1S/C15H23N3O2.ClH/c1-2-20-14-5-3-13(4-6-14)15(19)17-9-12-18-10-7-16-8-11-18;/h3-6,16H,2,7-12H2,1H3,(H,17,19);1H. The zero-order valence-corrected chi connectivity index (χ0v) is 13.2. The number of piperazine rings is 1. The zero-order chi connectivity index (χ0) is 14.2. The molecule has 1 amide bonds. The summed E-state index contributed by atoms with van der Waals surface area (Å²) in [5.74, 6) is 0.771. The summed E-state index contributed by atoms with van der Waals surface area (Å²) in [6.07, 6.45) is 0. The van der Waals surface area contributed by atoms with Gasteiger partial charge in [-0.15, -0.1) is 12.4 Å². The SMILES string of the molecule is CCOc1ccc(C(=O)NCCN2CCNCC2)cc1.Cl. The molecule has 0 aromatic heterocycles. The number of nitrogens with one attached hydrogen (secondary N) is 2. The van der Waals surface area contributed by atoms with Crippen LogP contribution in [0.3, 0.4) is 0 Å². The van der Waals surface area contributed by atoms with E-state index in [4.69, 9.17) is 4.74 Å². The zero-order valence-electron chi connectivity index (χ0n) is 12.4. The molecule has 1 saturated heterocycles. The monoisotopic (exact) mass is 313 g/mol. The molecule has 6 heteroatoms. The Kier molecular flexibility index (Phi) is 8.12. The van der Waals surface area contributed by atoms with Crippen LogP contribution in [0.25, 0.3) is 0 Å². The van der Waals surface area contributed by atoms with Crippen LogP contribution in [0.5, 0.6) is 5.75 Å². The molecular formula is C15H24ClN3O2. The highest BCUT2D eigenvalue weighted by molar-refractivity contribution is 5.94. The van der Waals surface area contributed by atoms with Crippen LogP contribution in [0.1, 0.15) is 17.3 Å². The summed E-state index contributed by atoms with van der Waals surface area (Å²) >= 11 is 0. The highest BCUT2D eigenvalue weighted by Gasteiger charge is 2.10. The summed E-state index contributed by atoms with van der Waals surface area (Å²) in [5, 5.41) is 6.27. The van der Waals surface area contributed by atoms with Crippen LogP contribution in [0.2, 0.25) is 0 Å². The van der Waals surface area contributed by atoms with E-state index in [1.165, 1.54) is 0 Å². The second-order valence-electron chi connectivity index (χ2n) is 4.80. The lowest BCUT2D eigenvalue weighted by Gasteiger charge is -2.27. The number of carbonyl (C=O) groups is 1. The second kappa shape index (κ2) is 9.60. The van der Waals surface area contributed by atoms with Crippen LogP contribution >= 0.6 is 12.4 Å². The second-order valence-corrected chi connectivity index (χ2v) is 4.80. The molecule has 5 nitrogen and oxygen atoms in total. The third-order valence-corrected chi connectivity index (χ3v) is 3.35. The van der Waals surface area contributed by atoms with Crippen LogP contribution in [0.15, 0.2) is 24.3 Å². The van der Waals surface area contributed by atoms with Crippen LogP contribution in [0.4, 0.5) is 0 Å². The summed E-state index contributed by atoms with van der Waals surface area (Å²) < 4.78 is 5.36. The maximum Gasteiger partial charge on any atom is 0.251 e. The molecule has 0 aliphatic carbocycles. The van der Waals surface area contributed by atoms with Gasteiger partial charge in [0.05, 0.1) is 6.61 Å². The first-order valence-electron chi connectivity index (χ1n) is 7.23. The predicted molar refractivity (Wildman–Crippen MR) is 86.5 cm³/mol. The van der Waals surface area contributed by atoms with E-state index >= 15 is 0 Å². The fourth-order valence-corrected chi connectivity index (χ4v) is 2.23. The van der Waals surface area contributed by atoms with E-state index in [0.29, 0.717) is 18.7 Å². The molecule has 2 N–H and O–H groups in total. The number of amides is 1. The van der Waals surface area contributed by atoms with Crippen molar-refractivity contribution in [3.05, 3.63) is 29.8 Å². The van der Waals surface area contributed by atoms with Crippen molar-refractivity contribution < 1.29 is 9.53 Å². The Bertz CT molecular complexity index is 419. The largest absolute Gasteiger partial charge is 0.494 e. The molecule has 1 aromatic rings. The molecule has 1 fully saturated rings. The minimum absolute atomic E-state index is 0. The minimum atomic E-state index is -0.0248. The Morgan fingerprint density at radius 1 is 1.29 bits per heavy atom. The van der Waals surface area contributed by atoms with Gasteiger partial charge in [-0.25, -0.2) is 0 Å². The molecule has 118 valence electrons. The maximum atomic E-state index is 12.0. The third-order valence-electron chi connectivity index (χ3n) is 3.35. The number of nitrogens with zero attached hydrogens (tertiary/aromatic N) is 1. The molecule has 1 aliphatic heterocycles. The summed E-state index contributed by atoms with van der Waals surface area (Å²) in [5.41, 5.74) is 0.675. The molecule has 0 radical (unpaired) electrons. The van der Waals surface area contributed by atoms with Gasteiger partial charge in [-0.1, -0.05) is 0 Å². The smallest absolute Gasteiger partial charge is 0.251 e. The Balaban J connectivity index is 0.00000220. The molecule has 0 spiro atoms. The van der Waals surface area contributed by atoms with Crippen molar-refractivity contribution >= 4 is 18.3 Å². The lowest BCUT2D eigenvalue weighted by molar-refractivity contribution is 0.0947. The van der Waals surface area contributed by atoms with E-state index in [1.807, 2.05) is 19.1 Å². The Labute approximate surface area is 132 Å². The lowest BCUT2D eigenvalue weighted by Crippen LogP contribution is -2.46. The molecule has 1 aromatic carbocycles. The van der Waals surface area contributed by atoms with Gasteiger partial charge in [-0.2, -0.15) is 0 Å². The van der Waals surface area contributed by atoms with E-state index in [2.05, 4.69) is 15.5 Å². The van der Waals surface area contributed by atoms with Gasteiger partial charge in [0.25, 0.3) is 5.91 Å². The third kappa shape index (κ3) is 5.91. The van der Waals surface area contributed by atoms with Gasteiger partial charge in [-0.05, 0) is 31.2 Å². The number of ether oxygens (including phenoxy) is 1. The number of rotatable bonds is 6. The summed E-state index contributed by atoms with van der Waals surface area (Å²) in [4.78, 5) is 14.3. The van der Waals surface area contributed by atoms with E-state index < -0.39 is 0 Å². The van der Waals surface area contributed by atoms with E-state index in [-0.39, 0.29) is 18.3 Å². The van der Waals surface area contributed by atoms with E-state index in [1.54, 1.807) is 12.1 Å². The molecule has 1 aliphatic rings. The van der Waals surface area contributed by atoms with Crippen molar-refractivity contribution in [1.29, 1.82) is 0 Å². The van der Waals surface area contributed by atoms with Gasteiger partial charge in [-0.3, -0.25) is 9.69 Å². The van der Waals surface area contributed by atoms with Gasteiger partial charge < -0.3 is 15.4 Å². The summed E-state index contributed by atoms with van der Waals surface area (Å²) in [6, 6.07) is 7.25. The van der Waals surface area contributed by atoms with E-state index in [9.17, 15) is 4.79 Å². The van der Waals surface area contributed by atoms with Crippen LogP contribution in [-0.4, -0.2) is 56.7 Å². The van der Waals surface area contributed by atoms with Crippen molar-refractivity contribution in [2.75, 3.05) is 45.9 Å². The van der Waals surface area contributed by atoms with Crippen LogP contribution in [-0.2, 0) is 0 Å². The highest BCUT2D eigenvalue weighted by atomic mass is 35.5. The molecule has 0 bridgehead atoms. The Morgan fingerprint density at radius 3 is 2.57 bits per heavy atom. The van der Waals surface area contributed by atoms with Crippen molar-refractivity contribution in [3.8, 4) is 5.75 Å². The molecule has 0 unspecified atom stereocenters. The van der Waals surface area contributed by atoms with Gasteiger partial charge in [0.2, 0.25) is 0 Å². The first-order valence-corrected chi connectivity index (χ1v) is 7.23. The molecule has 0 saturated carbocycles. The van der Waals surface area contributed by atoms with Crippen LogP contribution < -0.4 is 15.4 Å². The van der Waals surface area contributed by atoms with Crippen LogP contribution in [0, 0.1) is 0 Å². The minimum Gasteiger partial charge on any atom is -0.494 e.